The highest BCUT2D eigenvalue weighted by molar-refractivity contribution is 6.31. The predicted octanol–water partition coefficient (Wildman–Crippen LogP) is 1.91. The van der Waals surface area contributed by atoms with Crippen LogP contribution >= 0.6 is 11.6 Å². The number of aliphatic hydroxyl groups excluding tert-OH is 1. The van der Waals surface area contributed by atoms with E-state index >= 15 is 0 Å². The third-order valence-electron chi connectivity index (χ3n) is 2.12. The van der Waals surface area contributed by atoms with Crippen molar-refractivity contribution in [1.82, 2.24) is 0 Å². The van der Waals surface area contributed by atoms with Crippen LogP contribution in [-0.4, -0.2) is 16.2 Å². The summed E-state index contributed by atoms with van der Waals surface area (Å²) in [6.45, 7) is 0. The summed E-state index contributed by atoms with van der Waals surface area (Å²) >= 11 is 5.84. The summed E-state index contributed by atoms with van der Waals surface area (Å²) in [5.74, 6) is -1.34. The minimum absolute atomic E-state index is 0.162. The molecule has 0 aromatic heterocycles. The van der Waals surface area contributed by atoms with E-state index in [1.807, 2.05) is 6.07 Å². The van der Waals surface area contributed by atoms with Gasteiger partial charge in [-0.2, -0.15) is 5.26 Å². The molecule has 4 nitrogen and oxygen atoms in total. The molecule has 0 heterocycles. The Morgan fingerprint density at radius 3 is 2.75 bits per heavy atom. The van der Waals surface area contributed by atoms with Crippen LogP contribution in [0.5, 0.6) is 0 Å². The summed E-state index contributed by atoms with van der Waals surface area (Å²) in [7, 11) is 0. The lowest BCUT2D eigenvalue weighted by molar-refractivity contribution is -0.146. The largest absolute Gasteiger partial charge is 0.479 e. The van der Waals surface area contributed by atoms with Crippen molar-refractivity contribution in [2.75, 3.05) is 0 Å². The normalized spacial score (nSPS) is 11.8. The monoisotopic (exact) mass is 239 g/mol. The summed E-state index contributed by atoms with van der Waals surface area (Å²) in [6, 6.07) is 6.70. The Bertz CT molecular complexity index is 439. The van der Waals surface area contributed by atoms with E-state index in [4.69, 9.17) is 22.0 Å². The second-order valence-corrected chi connectivity index (χ2v) is 3.66. The molecule has 84 valence electrons. The molecular formula is C11H10ClNO3. The molecule has 0 aliphatic heterocycles. The Morgan fingerprint density at radius 1 is 1.56 bits per heavy atom. The fourth-order valence-electron chi connectivity index (χ4n) is 1.28. The first kappa shape index (κ1) is 12.5. The van der Waals surface area contributed by atoms with Gasteiger partial charge in [0, 0.05) is 17.0 Å². The lowest BCUT2D eigenvalue weighted by atomic mass is 10.0. The lowest BCUT2D eigenvalue weighted by Gasteiger charge is -2.09. The Balaban J connectivity index is 2.92. The summed E-state index contributed by atoms with van der Waals surface area (Å²) in [6.07, 6.45) is -0.686. The number of nitrogens with zero attached hydrogens (tertiary/aromatic N) is 1. The van der Waals surface area contributed by atoms with Crippen LogP contribution in [0.15, 0.2) is 18.2 Å². The highest BCUT2D eigenvalue weighted by Crippen LogP contribution is 2.24. The Kier molecular flexibility index (Phi) is 4.29. The van der Waals surface area contributed by atoms with Crippen molar-refractivity contribution < 1.29 is 15.0 Å². The number of carbonyl (C=O) groups is 1. The Labute approximate surface area is 97.7 Å². The first-order valence-electron chi connectivity index (χ1n) is 4.62. The van der Waals surface area contributed by atoms with Crippen LogP contribution in [0.4, 0.5) is 0 Å². The van der Waals surface area contributed by atoms with Gasteiger partial charge in [0.1, 0.15) is 0 Å². The third kappa shape index (κ3) is 2.96. The molecule has 1 unspecified atom stereocenters. The van der Waals surface area contributed by atoms with Crippen LogP contribution in [0.25, 0.3) is 0 Å². The van der Waals surface area contributed by atoms with Gasteiger partial charge in [-0.1, -0.05) is 23.7 Å². The van der Waals surface area contributed by atoms with Crippen LogP contribution in [0.2, 0.25) is 5.02 Å². The van der Waals surface area contributed by atoms with E-state index in [0.717, 1.165) is 5.56 Å². The van der Waals surface area contributed by atoms with Crippen LogP contribution in [0.1, 0.15) is 23.7 Å². The molecule has 1 rings (SSSR count). The number of aliphatic carboxylic acids is 1. The molecule has 0 radical (unpaired) electrons. The van der Waals surface area contributed by atoms with E-state index in [-0.39, 0.29) is 10.6 Å². The van der Waals surface area contributed by atoms with Crippen LogP contribution in [-0.2, 0) is 11.2 Å². The van der Waals surface area contributed by atoms with E-state index in [2.05, 4.69) is 0 Å². The molecule has 5 heteroatoms. The molecule has 2 N–H and O–H groups in total. The molecule has 1 aromatic carbocycles. The van der Waals surface area contributed by atoms with Crippen molar-refractivity contribution in [1.29, 1.82) is 5.26 Å². The van der Waals surface area contributed by atoms with Gasteiger partial charge in [0.25, 0.3) is 0 Å². The van der Waals surface area contributed by atoms with Crippen LogP contribution in [0.3, 0.4) is 0 Å². The molecule has 0 amide bonds. The number of carboxylic acids is 1. The summed E-state index contributed by atoms with van der Waals surface area (Å²) in [4.78, 5) is 10.6. The molecule has 0 saturated carbocycles. The molecule has 0 saturated heterocycles. The third-order valence-corrected chi connectivity index (χ3v) is 2.45. The van der Waals surface area contributed by atoms with E-state index in [9.17, 15) is 9.90 Å². The van der Waals surface area contributed by atoms with Gasteiger partial charge in [-0.15, -0.1) is 0 Å². The van der Waals surface area contributed by atoms with Gasteiger partial charge >= 0.3 is 5.97 Å². The molecular weight excluding hydrogens is 230 g/mol. The second-order valence-electron chi connectivity index (χ2n) is 3.25. The number of aliphatic hydroxyl groups is 1. The second kappa shape index (κ2) is 5.50. The maximum atomic E-state index is 10.6. The molecule has 0 fully saturated rings. The van der Waals surface area contributed by atoms with Crippen LogP contribution in [0, 0.1) is 11.3 Å². The van der Waals surface area contributed by atoms with Crippen molar-refractivity contribution in [3.63, 3.8) is 0 Å². The average molecular weight is 240 g/mol. The number of carboxylic acid groups (broad SMARTS) is 1. The molecule has 0 aliphatic rings. The van der Waals surface area contributed by atoms with Gasteiger partial charge in [0.2, 0.25) is 0 Å². The summed E-state index contributed by atoms with van der Waals surface area (Å²) in [5, 5.41) is 26.5. The van der Waals surface area contributed by atoms with Gasteiger partial charge in [0.15, 0.2) is 6.10 Å². The van der Waals surface area contributed by atoms with Crippen LogP contribution < -0.4 is 0 Å². The maximum absolute atomic E-state index is 10.6. The Hall–Kier alpha value is -1.57. The molecule has 0 spiro atoms. The quantitative estimate of drug-likeness (QED) is 0.841. The van der Waals surface area contributed by atoms with Gasteiger partial charge in [-0.3, -0.25) is 0 Å². The standard InChI is InChI=1S/C11H10ClNO3/c12-9-6-7(2-1-5-13)3-4-8(9)10(14)11(15)16/h3-4,6,10,14H,1-2H2,(H,15,16). The minimum Gasteiger partial charge on any atom is -0.479 e. The minimum atomic E-state index is -1.61. The molecule has 0 aliphatic carbocycles. The number of nitriles is 1. The maximum Gasteiger partial charge on any atom is 0.337 e. The fraction of sp³-hybridized carbons (Fsp3) is 0.273. The number of hydrogen-bond donors (Lipinski definition) is 2. The number of hydrogen-bond acceptors (Lipinski definition) is 3. The molecule has 16 heavy (non-hydrogen) atoms. The zero-order valence-corrected chi connectivity index (χ0v) is 9.11. The van der Waals surface area contributed by atoms with Gasteiger partial charge in [0.05, 0.1) is 6.07 Å². The van der Waals surface area contributed by atoms with E-state index in [1.165, 1.54) is 6.07 Å². The van der Waals surface area contributed by atoms with Crippen molar-refractivity contribution in [2.24, 2.45) is 0 Å². The van der Waals surface area contributed by atoms with Crippen molar-refractivity contribution in [2.45, 2.75) is 18.9 Å². The molecule has 0 bridgehead atoms. The van der Waals surface area contributed by atoms with Gasteiger partial charge in [-0.25, -0.2) is 4.79 Å². The first-order chi connectivity index (χ1) is 7.56. The van der Waals surface area contributed by atoms with Crippen molar-refractivity contribution in [3.05, 3.63) is 34.3 Å². The number of benzene rings is 1. The fourth-order valence-corrected chi connectivity index (χ4v) is 1.59. The van der Waals surface area contributed by atoms with Crippen molar-refractivity contribution in [3.8, 4) is 6.07 Å². The van der Waals surface area contributed by atoms with Gasteiger partial charge in [-0.05, 0) is 18.1 Å². The van der Waals surface area contributed by atoms with Crippen molar-refractivity contribution >= 4 is 17.6 Å². The van der Waals surface area contributed by atoms with Gasteiger partial charge < -0.3 is 10.2 Å². The van der Waals surface area contributed by atoms with E-state index in [1.54, 1.807) is 12.1 Å². The zero-order chi connectivity index (χ0) is 12.1. The molecule has 1 aromatic rings. The predicted molar refractivity (Wildman–Crippen MR) is 58.0 cm³/mol. The van der Waals surface area contributed by atoms with E-state index < -0.39 is 12.1 Å². The Morgan fingerprint density at radius 2 is 2.25 bits per heavy atom. The zero-order valence-electron chi connectivity index (χ0n) is 8.35. The number of halogens is 1. The number of aryl methyl sites for hydroxylation is 1. The first-order valence-corrected chi connectivity index (χ1v) is 5.00. The molecule has 1 atom stereocenters. The van der Waals surface area contributed by atoms with E-state index in [0.29, 0.717) is 12.8 Å². The number of rotatable bonds is 4. The highest BCUT2D eigenvalue weighted by Gasteiger charge is 2.18. The smallest absolute Gasteiger partial charge is 0.337 e. The summed E-state index contributed by atoms with van der Waals surface area (Å²) in [5.41, 5.74) is 1.00. The highest BCUT2D eigenvalue weighted by atomic mass is 35.5. The summed E-state index contributed by atoms with van der Waals surface area (Å²) < 4.78 is 0. The SMILES string of the molecule is N#CCCc1ccc(C(O)C(=O)O)c(Cl)c1. The average Bonchev–Trinajstić information content (AvgIpc) is 2.25. The lowest BCUT2D eigenvalue weighted by Crippen LogP contribution is -2.11. The topological polar surface area (TPSA) is 81.3 Å².